The molecule has 0 saturated heterocycles. The van der Waals surface area contributed by atoms with E-state index in [1.807, 2.05) is 121 Å². The van der Waals surface area contributed by atoms with Crippen LogP contribution in [0.3, 0.4) is 0 Å². The maximum atomic E-state index is 13.8. The van der Waals surface area contributed by atoms with Crippen molar-refractivity contribution >= 4 is 28.5 Å². The summed E-state index contributed by atoms with van der Waals surface area (Å²) in [5.41, 5.74) is 0.394. The van der Waals surface area contributed by atoms with E-state index < -0.39 is 17.5 Å². The first-order chi connectivity index (χ1) is 18.2. The Balaban J connectivity index is 0.000000617. The van der Waals surface area contributed by atoms with Gasteiger partial charge in [0.25, 0.3) is 11.4 Å². The monoisotopic (exact) mass is 548 g/mol. The zero-order valence-electron chi connectivity index (χ0n) is 19.8. The molecular formula is C28H22ClN2O6P. The van der Waals surface area contributed by atoms with Crippen molar-refractivity contribution in [2.75, 3.05) is 0 Å². The molecule has 8 nitrogen and oxygen atoms in total. The van der Waals surface area contributed by atoms with Crippen LogP contribution in [0, 0.1) is 10.2 Å². The van der Waals surface area contributed by atoms with Gasteiger partial charge < -0.3 is 10.1 Å². The van der Waals surface area contributed by atoms with E-state index in [2.05, 4.69) is 9.97 Å². The molecule has 4 aromatic carbocycles. The number of aromatic hydroxyl groups is 1. The zero-order chi connectivity index (χ0) is 27.2. The van der Waals surface area contributed by atoms with Crippen LogP contribution in [0.1, 0.15) is 0 Å². The average molecular weight is 549 g/mol. The van der Waals surface area contributed by atoms with Gasteiger partial charge in [-0.3, -0.25) is 4.79 Å². The van der Waals surface area contributed by atoms with Gasteiger partial charge in [0.1, 0.15) is 21.7 Å². The van der Waals surface area contributed by atoms with Gasteiger partial charge in [-0.2, -0.15) is 4.98 Å². The van der Waals surface area contributed by atoms with Gasteiger partial charge in [-0.05, 0) is 36.4 Å². The summed E-state index contributed by atoms with van der Waals surface area (Å²) in [5.74, 6) is 0.0941. The quantitative estimate of drug-likeness (QED) is 0.267. The van der Waals surface area contributed by atoms with Gasteiger partial charge in [0.2, 0.25) is 5.30 Å². The molecule has 5 rings (SSSR count). The van der Waals surface area contributed by atoms with Gasteiger partial charge in [0.05, 0.1) is 0 Å². The number of benzene rings is 4. The fraction of sp³-hybridized carbons (Fsp3) is 0. The van der Waals surface area contributed by atoms with Crippen molar-refractivity contribution in [2.24, 2.45) is 0 Å². The molecule has 0 fully saturated rings. The first-order valence-electron chi connectivity index (χ1n) is 11.3. The van der Waals surface area contributed by atoms with Gasteiger partial charge in [0.15, 0.2) is 7.26 Å². The zero-order valence-corrected chi connectivity index (χ0v) is 21.5. The molecule has 0 aliphatic rings. The Morgan fingerprint density at radius 3 is 1.32 bits per heavy atom. The summed E-state index contributed by atoms with van der Waals surface area (Å²) < 4.78 is 34.0. The Hall–Kier alpha value is -3.88. The maximum Gasteiger partial charge on any atom is 0.299 e. The fourth-order valence-electron chi connectivity index (χ4n) is 4.28. The number of aromatic amines is 1. The fourth-order valence-corrected chi connectivity index (χ4v) is 8.52. The van der Waals surface area contributed by atoms with Crippen LogP contribution in [-0.2, 0) is 0 Å². The van der Waals surface area contributed by atoms with Crippen LogP contribution < -0.4 is 45.4 Å². The molecule has 1 heterocycles. The molecule has 0 atom stereocenters. The van der Waals surface area contributed by atoms with Gasteiger partial charge in [-0.15, -0.1) is 10.2 Å². The summed E-state index contributed by atoms with van der Waals surface area (Å²) in [7, 11) is -7.69. The van der Waals surface area contributed by atoms with E-state index in [1.165, 1.54) is 0 Å². The third-order valence-electron chi connectivity index (χ3n) is 5.69. The molecule has 0 aliphatic carbocycles. The topological polar surface area (TPSA) is 158 Å². The van der Waals surface area contributed by atoms with Crippen molar-refractivity contribution in [3.63, 3.8) is 0 Å². The number of H-pyrrole nitrogens is 1. The number of rotatable bonds is 5. The molecule has 0 amide bonds. The lowest BCUT2D eigenvalue weighted by molar-refractivity contribution is -2.00. The van der Waals surface area contributed by atoms with Crippen molar-refractivity contribution in [1.82, 2.24) is 9.97 Å². The van der Waals surface area contributed by atoms with E-state index in [0.717, 1.165) is 21.5 Å². The molecule has 0 radical (unpaired) electrons. The number of hydrogen-bond donors (Lipinski definition) is 2. The normalized spacial score (nSPS) is 11.4. The van der Waals surface area contributed by atoms with Crippen LogP contribution in [0.4, 0.5) is 0 Å². The highest BCUT2D eigenvalue weighted by Gasteiger charge is 2.52. The highest BCUT2D eigenvalue weighted by Crippen LogP contribution is 2.54. The lowest BCUT2D eigenvalue weighted by Gasteiger charge is -2.26. The lowest BCUT2D eigenvalue weighted by Crippen LogP contribution is -2.68. The van der Waals surface area contributed by atoms with Crippen molar-refractivity contribution in [1.29, 1.82) is 0 Å². The van der Waals surface area contributed by atoms with Gasteiger partial charge in [0, 0.05) is 5.56 Å². The van der Waals surface area contributed by atoms with Gasteiger partial charge in [-0.25, -0.2) is 18.6 Å². The largest absolute Gasteiger partial charge is 0.490 e. The van der Waals surface area contributed by atoms with Crippen LogP contribution in [0.2, 0.25) is 0 Å². The van der Waals surface area contributed by atoms with E-state index in [-0.39, 0.29) is 11.4 Å². The van der Waals surface area contributed by atoms with Crippen LogP contribution >= 0.6 is 7.26 Å². The number of aromatic nitrogens is 2. The molecule has 0 spiro atoms. The molecule has 0 saturated carbocycles. The number of hydrogen-bond acceptors (Lipinski definition) is 7. The summed E-state index contributed by atoms with van der Waals surface area (Å²) >= 11 is 0. The van der Waals surface area contributed by atoms with Crippen LogP contribution in [0.25, 0.3) is 11.4 Å². The first kappa shape index (κ1) is 27.2. The van der Waals surface area contributed by atoms with Crippen LogP contribution in [0.15, 0.2) is 126 Å². The molecule has 1 aromatic heterocycles. The van der Waals surface area contributed by atoms with Gasteiger partial charge >= 0.3 is 0 Å². The van der Waals surface area contributed by atoms with Crippen LogP contribution in [0.5, 0.6) is 5.88 Å². The second-order valence-electron chi connectivity index (χ2n) is 8.01. The molecule has 2 N–H and O–H groups in total. The second kappa shape index (κ2) is 11.7. The average Bonchev–Trinajstić information content (AvgIpc) is 2.92. The lowest BCUT2D eigenvalue weighted by atomic mass is 10.2. The summed E-state index contributed by atoms with van der Waals surface area (Å²) in [5, 5.41) is 14.6. The maximum absolute atomic E-state index is 13.8. The molecule has 38 heavy (non-hydrogen) atoms. The second-order valence-corrected chi connectivity index (χ2v) is 12.1. The summed E-state index contributed by atoms with van der Waals surface area (Å²) in [6.07, 6.45) is 0. The minimum Gasteiger partial charge on any atom is -0.490 e. The molecule has 0 unspecified atom stereocenters. The first-order valence-corrected chi connectivity index (χ1v) is 14.3. The van der Waals surface area contributed by atoms with E-state index in [0.29, 0.717) is 11.1 Å². The standard InChI is InChI=1S/C28H21N2O2P.ClHO4/c31-27-25(28(32)30-26(29-27)21-13-5-1-6-14-21)33(22-15-7-2-8-16-22,23-17-9-3-10-18-23)24-19-11-4-12-20-24;2-1(3,4)5/h1-20H,(H-,29,30,31,32);(H,2,3,4,5). The number of nitrogens with one attached hydrogen (secondary N) is 1. The predicted molar refractivity (Wildman–Crippen MR) is 137 cm³/mol. The van der Waals surface area contributed by atoms with E-state index in [9.17, 15) is 9.90 Å². The Morgan fingerprint density at radius 2 is 0.974 bits per heavy atom. The third-order valence-corrected chi connectivity index (χ3v) is 9.98. The Bertz CT molecular complexity index is 1430. The molecule has 5 aromatic rings. The molecular weight excluding hydrogens is 527 g/mol. The third kappa shape index (κ3) is 5.98. The SMILES string of the molecule is O=c1[nH]c(-c2ccccc2)nc(O)c1[P+](c1ccccc1)(c1ccccc1)c1ccccc1.[O-][Cl+3]([O-])([O-])[O-]. The summed E-state index contributed by atoms with van der Waals surface area (Å²) in [6, 6.07) is 39.1. The van der Waals surface area contributed by atoms with Crippen molar-refractivity contribution in [3.8, 4) is 17.3 Å². The number of halogens is 1. The number of nitrogens with zero attached hydrogens (tertiary/aromatic N) is 1. The van der Waals surface area contributed by atoms with Gasteiger partial charge in [-0.1, -0.05) is 84.9 Å². The van der Waals surface area contributed by atoms with Crippen molar-refractivity contribution < 1.29 is 34.0 Å². The van der Waals surface area contributed by atoms with E-state index in [4.69, 9.17) is 18.6 Å². The molecule has 192 valence electrons. The highest BCUT2D eigenvalue weighted by molar-refractivity contribution is 8.01. The molecule has 0 bridgehead atoms. The summed E-state index contributed by atoms with van der Waals surface area (Å²) in [6.45, 7) is 0. The Labute approximate surface area is 221 Å². The highest BCUT2D eigenvalue weighted by atomic mass is 35.7. The van der Waals surface area contributed by atoms with Crippen LogP contribution in [-0.4, -0.2) is 15.1 Å². The van der Waals surface area contributed by atoms with E-state index >= 15 is 0 Å². The Kier molecular flexibility index (Phi) is 8.34. The predicted octanol–water partition coefficient (Wildman–Crippen LogP) is -0.994. The Morgan fingerprint density at radius 1 is 0.632 bits per heavy atom. The van der Waals surface area contributed by atoms with E-state index in [1.54, 1.807) is 0 Å². The smallest absolute Gasteiger partial charge is 0.299 e. The van der Waals surface area contributed by atoms with Crippen molar-refractivity contribution in [2.45, 2.75) is 0 Å². The minimum atomic E-state index is -4.94. The van der Waals surface area contributed by atoms with Crippen molar-refractivity contribution in [3.05, 3.63) is 132 Å². The molecule has 0 aliphatic heterocycles. The molecule has 10 heteroatoms. The minimum absolute atomic E-state index is 0.248. The summed E-state index contributed by atoms with van der Waals surface area (Å²) in [4.78, 5) is 21.2.